The average Bonchev–Trinajstić information content (AvgIpc) is 2.88. The summed E-state index contributed by atoms with van der Waals surface area (Å²) in [4.78, 5) is 2.61. The zero-order valence-electron chi connectivity index (χ0n) is 12.5. The van der Waals surface area contributed by atoms with Gasteiger partial charge in [-0.3, -0.25) is 16.2 Å². The van der Waals surface area contributed by atoms with Crippen LogP contribution >= 0.6 is 0 Å². The van der Waals surface area contributed by atoms with E-state index in [1.165, 1.54) is 25.9 Å². The zero-order valence-corrected chi connectivity index (χ0v) is 12.5. The zero-order chi connectivity index (χ0) is 13.6. The molecule has 0 spiro atoms. The summed E-state index contributed by atoms with van der Waals surface area (Å²) in [5.74, 6) is 5.81. The molecule has 0 aromatic carbocycles. The van der Waals surface area contributed by atoms with Crippen LogP contribution in [0.25, 0.3) is 0 Å². The van der Waals surface area contributed by atoms with Crippen LogP contribution in [0.15, 0.2) is 0 Å². The van der Waals surface area contributed by atoms with Gasteiger partial charge in [0.2, 0.25) is 0 Å². The molecule has 0 bridgehead atoms. The highest BCUT2D eigenvalue weighted by atomic mass is 16.5. The summed E-state index contributed by atoms with van der Waals surface area (Å²) in [6.07, 6.45) is 5.10. The minimum absolute atomic E-state index is 0.139. The Morgan fingerprint density at radius 1 is 1.22 bits per heavy atom. The lowest BCUT2D eigenvalue weighted by Crippen LogP contribution is -2.63. The van der Waals surface area contributed by atoms with E-state index in [0.29, 0.717) is 6.61 Å². The molecule has 1 aliphatic heterocycles. The van der Waals surface area contributed by atoms with Crippen LogP contribution in [0.5, 0.6) is 0 Å². The van der Waals surface area contributed by atoms with E-state index < -0.39 is 0 Å². The predicted molar refractivity (Wildman–Crippen MR) is 76.3 cm³/mol. The van der Waals surface area contributed by atoms with Gasteiger partial charge in [0.15, 0.2) is 0 Å². The van der Waals surface area contributed by atoms with Crippen molar-refractivity contribution in [2.45, 2.75) is 71.1 Å². The molecule has 1 rings (SSSR count). The lowest BCUT2D eigenvalue weighted by atomic mass is 9.83. The first-order chi connectivity index (χ1) is 8.60. The summed E-state index contributed by atoms with van der Waals surface area (Å²) in [6.45, 7) is 11.8. The van der Waals surface area contributed by atoms with Gasteiger partial charge in [-0.1, -0.05) is 13.8 Å². The number of hydrogen-bond donors (Lipinski definition) is 2. The second kappa shape index (κ2) is 7.43. The van der Waals surface area contributed by atoms with E-state index in [0.717, 1.165) is 12.8 Å². The Morgan fingerprint density at radius 2 is 1.78 bits per heavy atom. The maximum atomic E-state index is 5.81. The molecular weight excluding hydrogens is 226 g/mol. The fourth-order valence-electron chi connectivity index (χ4n) is 3.22. The molecule has 1 saturated heterocycles. The highest BCUT2D eigenvalue weighted by Crippen LogP contribution is 2.31. The molecule has 1 heterocycles. The molecule has 0 saturated carbocycles. The van der Waals surface area contributed by atoms with E-state index in [1.54, 1.807) is 0 Å². The molecular formula is C14H31N3O. The fourth-order valence-corrected chi connectivity index (χ4v) is 3.22. The monoisotopic (exact) mass is 257 g/mol. The SMILES string of the molecule is CCC(CC)(C(COC(C)C)NN)N1CCCC1. The standard InChI is InChI=1S/C14H31N3O/c1-5-14(6-2,17-9-7-8-10-17)13(16-15)11-18-12(3)4/h12-13,16H,5-11,15H2,1-4H3. The van der Waals surface area contributed by atoms with Gasteiger partial charge in [0.1, 0.15) is 0 Å². The minimum atomic E-state index is 0.139. The highest BCUT2D eigenvalue weighted by molar-refractivity contribution is 4.99. The average molecular weight is 257 g/mol. The molecule has 0 radical (unpaired) electrons. The Kier molecular flexibility index (Phi) is 6.57. The van der Waals surface area contributed by atoms with Gasteiger partial charge in [-0.2, -0.15) is 0 Å². The Balaban J connectivity index is 2.78. The molecule has 4 heteroatoms. The molecule has 0 amide bonds. The third kappa shape index (κ3) is 3.44. The summed E-state index contributed by atoms with van der Waals surface area (Å²) in [5, 5.41) is 0. The van der Waals surface area contributed by atoms with Gasteiger partial charge in [0, 0.05) is 5.54 Å². The van der Waals surface area contributed by atoms with Gasteiger partial charge in [-0.25, -0.2) is 0 Å². The number of ether oxygens (including phenoxy) is 1. The lowest BCUT2D eigenvalue weighted by Gasteiger charge is -2.46. The van der Waals surface area contributed by atoms with E-state index in [1.807, 2.05) is 0 Å². The van der Waals surface area contributed by atoms with Crippen LogP contribution < -0.4 is 11.3 Å². The fraction of sp³-hybridized carbons (Fsp3) is 1.00. The Morgan fingerprint density at radius 3 is 2.17 bits per heavy atom. The van der Waals surface area contributed by atoms with Crippen LogP contribution in [-0.2, 0) is 4.74 Å². The molecule has 0 aromatic rings. The first kappa shape index (κ1) is 15.9. The van der Waals surface area contributed by atoms with Crippen molar-refractivity contribution >= 4 is 0 Å². The van der Waals surface area contributed by atoms with Gasteiger partial charge >= 0.3 is 0 Å². The number of nitrogens with two attached hydrogens (primary N) is 1. The van der Waals surface area contributed by atoms with Crippen LogP contribution in [0, 0.1) is 0 Å². The van der Waals surface area contributed by atoms with Crippen LogP contribution in [-0.4, -0.2) is 42.3 Å². The van der Waals surface area contributed by atoms with Crippen LogP contribution in [0.2, 0.25) is 0 Å². The molecule has 1 atom stereocenters. The predicted octanol–water partition coefficient (Wildman–Crippen LogP) is 1.90. The second-order valence-corrected chi connectivity index (χ2v) is 5.61. The van der Waals surface area contributed by atoms with Crippen molar-refractivity contribution in [3.63, 3.8) is 0 Å². The number of rotatable bonds is 8. The molecule has 108 valence electrons. The molecule has 18 heavy (non-hydrogen) atoms. The molecule has 4 nitrogen and oxygen atoms in total. The summed E-state index contributed by atoms with van der Waals surface area (Å²) >= 11 is 0. The molecule has 0 aliphatic carbocycles. The lowest BCUT2D eigenvalue weighted by molar-refractivity contribution is -0.00768. The summed E-state index contributed by atoms with van der Waals surface area (Å²) in [6, 6.07) is 0.202. The minimum Gasteiger partial charge on any atom is -0.377 e. The number of hydrogen-bond acceptors (Lipinski definition) is 4. The normalized spacial score (nSPS) is 19.7. The molecule has 1 aliphatic rings. The van der Waals surface area contributed by atoms with Crippen molar-refractivity contribution in [1.82, 2.24) is 10.3 Å². The van der Waals surface area contributed by atoms with Crippen molar-refractivity contribution in [3.05, 3.63) is 0 Å². The topological polar surface area (TPSA) is 50.5 Å². The van der Waals surface area contributed by atoms with Gasteiger partial charge in [-0.05, 0) is 52.6 Å². The first-order valence-corrected chi connectivity index (χ1v) is 7.43. The van der Waals surface area contributed by atoms with Crippen LogP contribution in [0.1, 0.15) is 53.4 Å². The van der Waals surface area contributed by atoms with E-state index in [4.69, 9.17) is 10.6 Å². The van der Waals surface area contributed by atoms with Crippen LogP contribution in [0.3, 0.4) is 0 Å². The first-order valence-electron chi connectivity index (χ1n) is 7.43. The van der Waals surface area contributed by atoms with E-state index >= 15 is 0 Å². The summed E-state index contributed by atoms with van der Waals surface area (Å²) in [7, 11) is 0. The third-order valence-electron chi connectivity index (χ3n) is 4.41. The van der Waals surface area contributed by atoms with Crippen molar-refractivity contribution in [1.29, 1.82) is 0 Å². The van der Waals surface area contributed by atoms with Crippen molar-refractivity contribution in [2.75, 3.05) is 19.7 Å². The molecule has 0 aromatic heterocycles. The maximum absolute atomic E-state index is 5.81. The van der Waals surface area contributed by atoms with Gasteiger partial charge in [-0.15, -0.1) is 0 Å². The van der Waals surface area contributed by atoms with E-state index in [-0.39, 0.29) is 17.7 Å². The number of nitrogens with one attached hydrogen (secondary N) is 1. The van der Waals surface area contributed by atoms with Gasteiger partial charge < -0.3 is 4.74 Å². The molecule has 1 unspecified atom stereocenters. The smallest absolute Gasteiger partial charge is 0.0654 e. The van der Waals surface area contributed by atoms with E-state index in [9.17, 15) is 0 Å². The quantitative estimate of drug-likeness (QED) is 0.515. The Hall–Kier alpha value is -0.160. The largest absolute Gasteiger partial charge is 0.377 e. The number of nitrogens with zero attached hydrogens (tertiary/aromatic N) is 1. The van der Waals surface area contributed by atoms with Crippen molar-refractivity contribution in [2.24, 2.45) is 5.84 Å². The molecule has 1 fully saturated rings. The molecule has 3 N–H and O–H groups in total. The number of hydrazine groups is 1. The Labute approximate surface area is 112 Å². The maximum Gasteiger partial charge on any atom is 0.0654 e. The highest BCUT2D eigenvalue weighted by Gasteiger charge is 2.41. The van der Waals surface area contributed by atoms with Gasteiger partial charge in [0.05, 0.1) is 18.8 Å². The number of likely N-dealkylation sites (tertiary alicyclic amines) is 1. The third-order valence-corrected chi connectivity index (χ3v) is 4.41. The summed E-state index contributed by atoms with van der Waals surface area (Å²) in [5.41, 5.74) is 3.15. The van der Waals surface area contributed by atoms with E-state index in [2.05, 4.69) is 38.0 Å². The van der Waals surface area contributed by atoms with Gasteiger partial charge in [0.25, 0.3) is 0 Å². The van der Waals surface area contributed by atoms with Crippen molar-refractivity contribution in [3.8, 4) is 0 Å². The second-order valence-electron chi connectivity index (χ2n) is 5.61. The summed E-state index contributed by atoms with van der Waals surface area (Å²) < 4.78 is 5.79. The Bertz CT molecular complexity index is 223. The van der Waals surface area contributed by atoms with Crippen LogP contribution in [0.4, 0.5) is 0 Å². The van der Waals surface area contributed by atoms with Crippen molar-refractivity contribution < 1.29 is 4.74 Å².